The fourth-order valence-corrected chi connectivity index (χ4v) is 1.43. The van der Waals surface area contributed by atoms with Gasteiger partial charge in [0, 0.05) is 12.5 Å². The number of benzene rings is 1. The maximum Gasteiger partial charge on any atom is 0.241 e. The first kappa shape index (κ1) is 8.89. The van der Waals surface area contributed by atoms with E-state index >= 15 is 0 Å². The molecule has 14 heavy (non-hydrogen) atoms. The van der Waals surface area contributed by atoms with Crippen molar-refractivity contribution in [2.75, 3.05) is 0 Å². The minimum absolute atomic E-state index is 0.177. The second-order valence-corrected chi connectivity index (χ2v) is 3.23. The van der Waals surface area contributed by atoms with Crippen molar-refractivity contribution in [2.45, 2.75) is 26.1 Å². The standard InChI is InChI=1S/C11H11NO2/c1-2-3-11-13-9-5-4-8(7-12)6-10(9)14-11/h4-6,11H,2-3H2,1H3. The lowest BCUT2D eigenvalue weighted by Gasteiger charge is -2.07. The molecular formula is C11H11NO2. The van der Waals surface area contributed by atoms with Gasteiger partial charge in [0.1, 0.15) is 0 Å². The first-order valence-electron chi connectivity index (χ1n) is 4.71. The number of nitrogens with zero attached hydrogens (tertiary/aromatic N) is 1. The summed E-state index contributed by atoms with van der Waals surface area (Å²) in [6.07, 6.45) is 1.71. The zero-order valence-electron chi connectivity index (χ0n) is 7.99. The van der Waals surface area contributed by atoms with Crippen molar-refractivity contribution in [3.05, 3.63) is 23.8 Å². The van der Waals surface area contributed by atoms with E-state index in [0.29, 0.717) is 11.3 Å². The van der Waals surface area contributed by atoms with E-state index in [9.17, 15) is 0 Å². The van der Waals surface area contributed by atoms with Crippen LogP contribution in [0.15, 0.2) is 18.2 Å². The van der Waals surface area contributed by atoms with Crippen molar-refractivity contribution < 1.29 is 9.47 Å². The molecule has 0 aliphatic carbocycles. The minimum Gasteiger partial charge on any atom is -0.451 e. The van der Waals surface area contributed by atoms with Gasteiger partial charge in [-0.05, 0) is 18.6 Å². The lowest BCUT2D eigenvalue weighted by Crippen LogP contribution is -2.16. The molecule has 0 fully saturated rings. The summed E-state index contributed by atoms with van der Waals surface area (Å²) >= 11 is 0. The average Bonchev–Trinajstić information content (AvgIpc) is 2.59. The third kappa shape index (κ3) is 1.51. The number of hydrogen-bond acceptors (Lipinski definition) is 3. The number of rotatable bonds is 2. The van der Waals surface area contributed by atoms with Gasteiger partial charge in [-0.1, -0.05) is 6.92 Å². The van der Waals surface area contributed by atoms with E-state index in [0.717, 1.165) is 18.6 Å². The van der Waals surface area contributed by atoms with Crippen LogP contribution in [0.1, 0.15) is 25.3 Å². The van der Waals surface area contributed by atoms with E-state index in [-0.39, 0.29) is 6.29 Å². The molecule has 1 aliphatic heterocycles. The molecule has 0 amide bonds. The first-order chi connectivity index (χ1) is 6.83. The monoisotopic (exact) mass is 189 g/mol. The van der Waals surface area contributed by atoms with Gasteiger partial charge in [0.25, 0.3) is 0 Å². The Labute approximate surface area is 82.9 Å². The smallest absolute Gasteiger partial charge is 0.241 e. The van der Waals surface area contributed by atoms with Crippen molar-refractivity contribution in [3.63, 3.8) is 0 Å². The molecule has 1 aromatic carbocycles. The van der Waals surface area contributed by atoms with Crippen LogP contribution in [0, 0.1) is 11.3 Å². The average molecular weight is 189 g/mol. The number of hydrogen-bond donors (Lipinski definition) is 0. The van der Waals surface area contributed by atoms with Gasteiger partial charge in [-0.3, -0.25) is 0 Å². The van der Waals surface area contributed by atoms with Crippen molar-refractivity contribution in [3.8, 4) is 17.6 Å². The van der Waals surface area contributed by atoms with E-state index in [4.69, 9.17) is 14.7 Å². The number of nitriles is 1. The van der Waals surface area contributed by atoms with Gasteiger partial charge in [-0.15, -0.1) is 0 Å². The molecule has 0 saturated carbocycles. The highest BCUT2D eigenvalue weighted by Crippen LogP contribution is 2.36. The van der Waals surface area contributed by atoms with Gasteiger partial charge in [0.05, 0.1) is 11.6 Å². The predicted octanol–water partition coefficient (Wildman–Crippen LogP) is 2.46. The van der Waals surface area contributed by atoms with E-state index < -0.39 is 0 Å². The molecule has 1 aliphatic rings. The summed E-state index contributed by atoms with van der Waals surface area (Å²) in [7, 11) is 0. The zero-order chi connectivity index (χ0) is 9.97. The van der Waals surface area contributed by atoms with Gasteiger partial charge in [0.15, 0.2) is 11.5 Å². The van der Waals surface area contributed by atoms with Crippen molar-refractivity contribution >= 4 is 0 Å². The summed E-state index contributed by atoms with van der Waals surface area (Å²) in [5.74, 6) is 1.42. The van der Waals surface area contributed by atoms with E-state index in [1.807, 2.05) is 0 Å². The van der Waals surface area contributed by atoms with E-state index in [2.05, 4.69) is 13.0 Å². The van der Waals surface area contributed by atoms with Crippen LogP contribution >= 0.6 is 0 Å². The third-order valence-corrected chi connectivity index (χ3v) is 2.11. The Balaban J connectivity index is 2.19. The second-order valence-electron chi connectivity index (χ2n) is 3.23. The molecule has 0 bridgehead atoms. The third-order valence-electron chi connectivity index (χ3n) is 2.11. The van der Waals surface area contributed by atoms with Crippen LogP contribution in [0.3, 0.4) is 0 Å². The molecule has 1 aromatic rings. The summed E-state index contributed by atoms with van der Waals surface area (Å²) in [6, 6.07) is 7.30. The topological polar surface area (TPSA) is 42.2 Å². The van der Waals surface area contributed by atoms with Gasteiger partial charge in [-0.25, -0.2) is 0 Å². The van der Waals surface area contributed by atoms with E-state index in [1.54, 1.807) is 18.2 Å². The maximum atomic E-state index is 8.69. The lowest BCUT2D eigenvalue weighted by atomic mass is 10.2. The van der Waals surface area contributed by atoms with Crippen molar-refractivity contribution in [1.29, 1.82) is 5.26 Å². The van der Waals surface area contributed by atoms with Crippen LogP contribution in [0.25, 0.3) is 0 Å². The quantitative estimate of drug-likeness (QED) is 0.717. The Kier molecular flexibility index (Phi) is 2.28. The van der Waals surface area contributed by atoms with Crippen molar-refractivity contribution in [1.82, 2.24) is 0 Å². The largest absolute Gasteiger partial charge is 0.451 e. The Hall–Kier alpha value is -1.69. The molecule has 0 saturated heterocycles. The first-order valence-corrected chi connectivity index (χ1v) is 4.71. The van der Waals surface area contributed by atoms with Gasteiger partial charge in [0.2, 0.25) is 6.29 Å². The predicted molar refractivity (Wildman–Crippen MR) is 51.1 cm³/mol. The molecule has 3 heteroatoms. The molecule has 2 rings (SSSR count). The molecular weight excluding hydrogens is 178 g/mol. The molecule has 3 nitrogen and oxygen atoms in total. The molecule has 0 radical (unpaired) electrons. The molecule has 0 N–H and O–H groups in total. The van der Waals surface area contributed by atoms with Gasteiger partial charge in [-0.2, -0.15) is 5.26 Å². The summed E-state index contributed by atoms with van der Waals surface area (Å²) < 4.78 is 11.0. The minimum atomic E-state index is -0.177. The highest BCUT2D eigenvalue weighted by atomic mass is 16.7. The molecule has 1 unspecified atom stereocenters. The normalized spacial score (nSPS) is 17.9. The SMILES string of the molecule is CCCC1Oc2ccc(C#N)cc2O1. The Morgan fingerprint density at radius 3 is 2.86 bits per heavy atom. The van der Waals surface area contributed by atoms with Gasteiger partial charge >= 0.3 is 0 Å². The summed E-state index contributed by atoms with van der Waals surface area (Å²) in [6.45, 7) is 2.08. The second kappa shape index (κ2) is 3.59. The Bertz CT molecular complexity index is 381. The van der Waals surface area contributed by atoms with Crippen LogP contribution in [0.4, 0.5) is 0 Å². The molecule has 0 aromatic heterocycles. The fraction of sp³-hybridized carbons (Fsp3) is 0.364. The molecule has 1 atom stereocenters. The summed E-state index contributed by atoms with van der Waals surface area (Å²) in [5, 5.41) is 8.69. The maximum absolute atomic E-state index is 8.69. The Morgan fingerprint density at radius 1 is 1.36 bits per heavy atom. The van der Waals surface area contributed by atoms with Crippen molar-refractivity contribution in [2.24, 2.45) is 0 Å². The molecule has 72 valence electrons. The molecule has 0 spiro atoms. The highest BCUT2D eigenvalue weighted by molar-refractivity contribution is 5.48. The van der Waals surface area contributed by atoms with Crippen LogP contribution in [0.5, 0.6) is 11.5 Å². The number of ether oxygens (including phenoxy) is 2. The van der Waals surface area contributed by atoms with Crippen LogP contribution < -0.4 is 9.47 Å². The van der Waals surface area contributed by atoms with Gasteiger partial charge < -0.3 is 9.47 Å². The van der Waals surface area contributed by atoms with Crippen LogP contribution in [-0.4, -0.2) is 6.29 Å². The fourth-order valence-electron chi connectivity index (χ4n) is 1.43. The summed E-state index contributed by atoms with van der Waals surface area (Å²) in [4.78, 5) is 0. The lowest BCUT2D eigenvalue weighted by molar-refractivity contribution is 0.0413. The van der Waals surface area contributed by atoms with Crippen LogP contribution in [0.2, 0.25) is 0 Å². The van der Waals surface area contributed by atoms with Crippen LogP contribution in [-0.2, 0) is 0 Å². The highest BCUT2D eigenvalue weighted by Gasteiger charge is 2.23. The Morgan fingerprint density at radius 2 is 2.14 bits per heavy atom. The number of fused-ring (bicyclic) bond motifs is 1. The van der Waals surface area contributed by atoms with E-state index in [1.165, 1.54) is 0 Å². The summed E-state index contributed by atoms with van der Waals surface area (Å²) in [5.41, 5.74) is 0.601. The zero-order valence-corrected chi connectivity index (χ0v) is 7.99. The molecule has 1 heterocycles.